The number of nitrogens with zero attached hydrogens (tertiary/aromatic N) is 1. The molecule has 0 saturated carbocycles. The largest absolute Gasteiger partial charge is 0.490 e. The van der Waals surface area contributed by atoms with Gasteiger partial charge in [-0.05, 0) is 66.6 Å². The zero-order valence-electron chi connectivity index (χ0n) is 18.9. The molecule has 0 spiro atoms. The maximum absolute atomic E-state index is 13.4. The highest BCUT2D eigenvalue weighted by atomic mass is 19.4. The van der Waals surface area contributed by atoms with Crippen LogP contribution in [0.15, 0.2) is 36.4 Å². The van der Waals surface area contributed by atoms with Crippen molar-refractivity contribution < 1.29 is 32.5 Å². The van der Waals surface area contributed by atoms with Crippen LogP contribution in [0, 0.1) is 0 Å². The predicted molar refractivity (Wildman–Crippen MR) is 119 cm³/mol. The van der Waals surface area contributed by atoms with Crippen molar-refractivity contribution >= 4 is 5.91 Å². The lowest BCUT2D eigenvalue weighted by Gasteiger charge is -2.37. The molecule has 0 atom stereocenters. The summed E-state index contributed by atoms with van der Waals surface area (Å²) >= 11 is 0. The number of piperidine rings is 1. The Morgan fingerprint density at radius 3 is 2.24 bits per heavy atom. The molecule has 1 N–H and O–H groups in total. The molecule has 2 aromatic rings. The van der Waals surface area contributed by atoms with E-state index in [9.17, 15) is 23.1 Å². The van der Waals surface area contributed by atoms with Crippen molar-refractivity contribution in [2.45, 2.75) is 56.4 Å². The Balaban J connectivity index is 1.22. The third-order valence-corrected chi connectivity index (χ3v) is 7.17. The molecule has 2 aromatic carbocycles. The molecule has 0 bridgehead atoms. The minimum Gasteiger partial charge on any atom is -0.490 e. The van der Waals surface area contributed by atoms with Crippen LogP contribution in [0.1, 0.15) is 58.3 Å². The molecule has 2 fully saturated rings. The SMILES string of the molecule is O=C(c1ccc(C2(O)COC2)cc1)N1CCC(Oc2ccc(C(F)(F)F)c3c2CCCC3)CC1. The van der Waals surface area contributed by atoms with Gasteiger partial charge >= 0.3 is 6.18 Å². The van der Waals surface area contributed by atoms with E-state index in [0.29, 0.717) is 61.2 Å². The van der Waals surface area contributed by atoms with E-state index >= 15 is 0 Å². The van der Waals surface area contributed by atoms with Gasteiger partial charge in [-0.2, -0.15) is 13.2 Å². The van der Waals surface area contributed by atoms with E-state index in [1.807, 2.05) is 0 Å². The Kier molecular flexibility index (Phi) is 6.06. The van der Waals surface area contributed by atoms with Gasteiger partial charge < -0.3 is 19.5 Å². The Morgan fingerprint density at radius 1 is 1.00 bits per heavy atom. The number of likely N-dealkylation sites (tertiary alicyclic amines) is 1. The van der Waals surface area contributed by atoms with Gasteiger partial charge in [0.1, 0.15) is 17.5 Å². The molecule has 1 aliphatic carbocycles. The van der Waals surface area contributed by atoms with E-state index in [-0.39, 0.29) is 25.2 Å². The van der Waals surface area contributed by atoms with Gasteiger partial charge in [-0.3, -0.25) is 4.79 Å². The van der Waals surface area contributed by atoms with Crippen LogP contribution < -0.4 is 4.74 Å². The summed E-state index contributed by atoms with van der Waals surface area (Å²) in [7, 11) is 0. The van der Waals surface area contributed by atoms with E-state index in [4.69, 9.17) is 9.47 Å². The zero-order chi connectivity index (χ0) is 23.9. The van der Waals surface area contributed by atoms with E-state index < -0.39 is 17.3 Å². The van der Waals surface area contributed by atoms with E-state index in [1.54, 1.807) is 29.2 Å². The molecule has 8 heteroatoms. The lowest BCUT2D eigenvalue weighted by Crippen LogP contribution is -2.46. The highest BCUT2D eigenvalue weighted by Crippen LogP contribution is 2.40. The molecule has 34 heavy (non-hydrogen) atoms. The van der Waals surface area contributed by atoms with Crippen LogP contribution >= 0.6 is 0 Å². The van der Waals surface area contributed by atoms with Gasteiger partial charge in [-0.15, -0.1) is 0 Å². The van der Waals surface area contributed by atoms with E-state index in [2.05, 4.69) is 0 Å². The number of fused-ring (bicyclic) bond motifs is 1. The number of halogens is 3. The quantitative estimate of drug-likeness (QED) is 0.708. The summed E-state index contributed by atoms with van der Waals surface area (Å²) in [5.74, 6) is 0.481. The number of carbonyl (C=O) groups is 1. The van der Waals surface area contributed by atoms with Crippen molar-refractivity contribution in [1.29, 1.82) is 0 Å². The fourth-order valence-corrected chi connectivity index (χ4v) is 5.13. The first-order valence-electron chi connectivity index (χ1n) is 11.8. The Bertz CT molecular complexity index is 1050. The molecule has 182 valence electrons. The van der Waals surface area contributed by atoms with Crippen LogP contribution in [0.4, 0.5) is 13.2 Å². The molecule has 2 heterocycles. The Morgan fingerprint density at radius 2 is 1.65 bits per heavy atom. The first kappa shape index (κ1) is 23.2. The summed E-state index contributed by atoms with van der Waals surface area (Å²) < 4.78 is 51.6. The Hall–Kier alpha value is -2.58. The lowest BCUT2D eigenvalue weighted by atomic mass is 9.87. The first-order chi connectivity index (χ1) is 16.2. The van der Waals surface area contributed by atoms with Gasteiger partial charge in [0, 0.05) is 31.5 Å². The van der Waals surface area contributed by atoms with Gasteiger partial charge in [-0.25, -0.2) is 0 Å². The van der Waals surface area contributed by atoms with Crippen molar-refractivity contribution in [3.05, 3.63) is 64.2 Å². The van der Waals surface area contributed by atoms with Crippen LogP contribution in [0.2, 0.25) is 0 Å². The second-order valence-electron chi connectivity index (χ2n) is 9.48. The molecule has 5 rings (SSSR count). The van der Waals surface area contributed by atoms with Gasteiger partial charge in [0.25, 0.3) is 5.91 Å². The molecule has 0 unspecified atom stereocenters. The normalized spacial score (nSPS) is 20.4. The van der Waals surface area contributed by atoms with Gasteiger partial charge in [-0.1, -0.05) is 12.1 Å². The molecular weight excluding hydrogens is 447 g/mol. The molecule has 2 aliphatic heterocycles. The topological polar surface area (TPSA) is 59.0 Å². The van der Waals surface area contributed by atoms with Gasteiger partial charge in [0.2, 0.25) is 0 Å². The summed E-state index contributed by atoms with van der Waals surface area (Å²) in [6, 6.07) is 9.59. The standard InChI is InChI=1S/C26H28F3NO4/c27-26(28,29)22-9-10-23(21-4-2-1-3-20(21)22)34-19-11-13-30(14-12-19)24(31)17-5-7-18(8-6-17)25(32)15-33-16-25/h5-10,19,32H,1-4,11-16H2. The summed E-state index contributed by atoms with van der Waals surface area (Å²) in [6.07, 6.45) is -0.599. The molecule has 0 aromatic heterocycles. The summed E-state index contributed by atoms with van der Waals surface area (Å²) in [5, 5.41) is 10.3. The van der Waals surface area contributed by atoms with Gasteiger partial charge in [0.15, 0.2) is 0 Å². The smallest absolute Gasteiger partial charge is 0.416 e. The fourth-order valence-electron chi connectivity index (χ4n) is 5.13. The fraction of sp³-hybridized carbons (Fsp3) is 0.500. The van der Waals surface area contributed by atoms with Crippen molar-refractivity contribution in [3.8, 4) is 5.75 Å². The zero-order valence-corrected chi connectivity index (χ0v) is 18.9. The number of amides is 1. The van der Waals surface area contributed by atoms with Crippen LogP contribution in [0.25, 0.3) is 0 Å². The molecular formula is C26H28F3NO4. The van der Waals surface area contributed by atoms with Crippen LogP contribution in [-0.4, -0.2) is 48.3 Å². The molecule has 2 saturated heterocycles. The summed E-state index contributed by atoms with van der Waals surface area (Å²) in [4.78, 5) is 14.7. The number of aliphatic hydroxyl groups is 1. The van der Waals surface area contributed by atoms with E-state index in [1.165, 1.54) is 6.07 Å². The summed E-state index contributed by atoms with van der Waals surface area (Å²) in [5.41, 5.74) is 0.863. The second kappa shape index (κ2) is 8.89. The molecule has 0 radical (unpaired) electrons. The number of carbonyl (C=O) groups excluding carboxylic acids is 1. The first-order valence-corrected chi connectivity index (χ1v) is 11.8. The van der Waals surface area contributed by atoms with Crippen molar-refractivity contribution in [1.82, 2.24) is 4.90 Å². The highest BCUT2D eigenvalue weighted by molar-refractivity contribution is 5.94. The van der Waals surface area contributed by atoms with Crippen molar-refractivity contribution in [3.63, 3.8) is 0 Å². The van der Waals surface area contributed by atoms with Crippen molar-refractivity contribution in [2.75, 3.05) is 26.3 Å². The summed E-state index contributed by atoms with van der Waals surface area (Å²) in [6.45, 7) is 1.56. The van der Waals surface area contributed by atoms with Crippen molar-refractivity contribution in [2.24, 2.45) is 0 Å². The Labute approximate surface area is 196 Å². The molecule has 1 amide bonds. The van der Waals surface area contributed by atoms with Crippen LogP contribution in [0.3, 0.4) is 0 Å². The third kappa shape index (κ3) is 4.41. The minimum atomic E-state index is -4.35. The third-order valence-electron chi connectivity index (χ3n) is 7.17. The predicted octanol–water partition coefficient (Wildman–Crippen LogP) is 4.49. The van der Waals surface area contributed by atoms with Gasteiger partial charge in [0.05, 0.1) is 18.8 Å². The van der Waals surface area contributed by atoms with Crippen LogP contribution in [-0.2, 0) is 29.4 Å². The number of hydrogen-bond acceptors (Lipinski definition) is 4. The number of benzene rings is 2. The maximum Gasteiger partial charge on any atom is 0.416 e. The minimum absolute atomic E-state index is 0.0752. The number of rotatable bonds is 4. The average molecular weight is 476 g/mol. The number of hydrogen-bond donors (Lipinski definition) is 1. The number of ether oxygens (including phenoxy) is 2. The monoisotopic (exact) mass is 475 g/mol. The second-order valence-corrected chi connectivity index (χ2v) is 9.48. The lowest BCUT2D eigenvalue weighted by molar-refractivity contribution is -0.184. The van der Waals surface area contributed by atoms with E-state index in [0.717, 1.165) is 24.5 Å². The maximum atomic E-state index is 13.4. The number of alkyl halides is 3. The molecule has 5 nitrogen and oxygen atoms in total. The average Bonchev–Trinajstić information content (AvgIpc) is 2.82. The highest BCUT2D eigenvalue weighted by Gasteiger charge is 2.38. The molecule has 3 aliphatic rings. The van der Waals surface area contributed by atoms with Crippen LogP contribution in [0.5, 0.6) is 5.75 Å².